The van der Waals surface area contributed by atoms with Crippen molar-refractivity contribution >= 4 is 5.69 Å². The third kappa shape index (κ3) is 2.07. The van der Waals surface area contributed by atoms with Gasteiger partial charge >= 0.3 is 0 Å². The number of rotatable bonds is 2. The Morgan fingerprint density at radius 2 is 2.19 bits per heavy atom. The monoisotopic (exact) mass is 212 g/mol. The van der Waals surface area contributed by atoms with Gasteiger partial charge in [-0.3, -0.25) is 0 Å². The van der Waals surface area contributed by atoms with Crippen LogP contribution in [0.25, 0.3) is 0 Å². The number of hydrogen-bond donors (Lipinski definition) is 1. The maximum Gasteiger partial charge on any atom is 0.222 e. The number of benzene rings is 1. The van der Waals surface area contributed by atoms with Crippen LogP contribution in [0.3, 0.4) is 0 Å². The van der Waals surface area contributed by atoms with E-state index in [4.69, 9.17) is 15.7 Å². The van der Waals surface area contributed by atoms with Gasteiger partial charge in [-0.15, -0.1) is 0 Å². The van der Waals surface area contributed by atoms with Crippen molar-refractivity contribution in [3.63, 3.8) is 0 Å². The highest BCUT2D eigenvalue weighted by Crippen LogP contribution is 2.26. The van der Waals surface area contributed by atoms with E-state index in [2.05, 4.69) is 9.97 Å². The van der Waals surface area contributed by atoms with Gasteiger partial charge in [-0.25, -0.2) is 9.97 Å². The van der Waals surface area contributed by atoms with E-state index in [9.17, 15) is 0 Å². The molecule has 5 heteroatoms. The van der Waals surface area contributed by atoms with E-state index in [1.54, 1.807) is 30.5 Å². The third-order valence-electron chi connectivity index (χ3n) is 1.91. The molecule has 2 N–H and O–H groups in total. The number of ether oxygens (including phenoxy) is 1. The Labute approximate surface area is 92.1 Å². The molecule has 0 radical (unpaired) electrons. The molecule has 1 aromatic carbocycles. The van der Waals surface area contributed by atoms with Crippen molar-refractivity contribution in [1.29, 1.82) is 5.26 Å². The van der Waals surface area contributed by atoms with Crippen LogP contribution in [0, 0.1) is 11.3 Å². The summed E-state index contributed by atoms with van der Waals surface area (Å²) < 4.78 is 5.42. The Kier molecular flexibility index (Phi) is 2.65. The Bertz CT molecular complexity index is 533. The van der Waals surface area contributed by atoms with Gasteiger partial charge in [0.25, 0.3) is 0 Å². The number of nitrogens with two attached hydrogens (primary N) is 1. The summed E-state index contributed by atoms with van der Waals surface area (Å²) in [7, 11) is 0. The molecule has 0 aliphatic rings. The van der Waals surface area contributed by atoms with Crippen molar-refractivity contribution in [1.82, 2.24) is 9.97 Å². The van der Waals surface area contributed by atoms with Crippen LogP contribution in [0.15, 0.2) is 36.8 Å². The fraction of sp³-hybridized carbons (Fsp3) is 0. The number of anilines is 1. The smallest absolute Gasteiger partial charge is 0.222 e. The zero-order chi connectivity index (χ0) is 11.4. The van der Waals surface area contributed by atoms with Crippen molar-refractivity contribution in [2.45, 2.75) is 0 Å². The first-order chi connectivity index (χ1) is 7.79. The minimum absolute atomic E-state index is 0.401. The van der Waals surface area contributed by atoms with E-state index in [1.165, 1.54) is 6.33 Å². The Hall–Kier alpha value is -2.61. The summed E-state index contributed by atoms with van der Waals surface area (Å²) in [6, 6.07) is 8.44. The number of nitrogens with zero attached hydrogens (tertiary/aromatic N) is 3. The molecule has 0 amide bonds. The summed E-state index contributed by atoms with van der Waals surface area (Å²) in [4.78, 5) is 7.68. The minimum Gasteiger partial charge on any atom is -0.437 e. The van der Waals surface area contributed by atoms with Crippen molar-refractivity contribution in [2.24, 2.45) is 0 Å². The normalized spacial score (nSPS) is 9.44. The molecule has 5 nitrogen and oxygen atoms in total. The summed E-state index contributed by atoms with van der Waals surface area (Å²) in [6.07, 6.45) is 2.96. The molecule has 0 bridgehead atoms. The molecule has 0 saturated heterocycles. The third-order valence-corrected chi connectivity index (χ3v) is 1.91. The average molecular weight is 212 g/mol. The van der Waals surface area contributed by atoms with Crippen LogP contribution in [0.1, 0.15) is 5.56 Å². The number of aromatic nitrogens is 2. The first-order valence-electron chi connectivity index (χ1n) is 4.53. The summed E-state index contributed by atoms with van der Waals surface area (Å²) in [5.74, 6) is 0.879. The molecule has 0 saturated carbocycles. The second-order valence-electron chi connectivity index (χ2n) is 3.01. The quantitative estimate of drug-likeness (QED) is 0.766. The zero-order valence-electron chi connectivity index (χ0n) is 8.29. The van der Waals surface area contributed by atoms with E-state index in [0.717, 1.165) is 0 Å². The molecule has 78 valence electrons. The molecular weight excluding hydrogens is 204 g/mol. The van der Waals surface area contributed by atoms with Gasteiger partial charge in [0.2, 0.25) is 5.88 Å². The summed E-state index contributed by atoms with van der Waals surface area (Å²) in [5, 5.41) is 8.68. The highest BCUT2D eigenvalue weighted by molar-refractivity contribution is 5.57. The van der Waals surface area contributed by atoms with Gasteiger partial charge in [-0.05, 0) is 18.2 Å². The van der Waals surface area contributed by atoms with Crippen molar-refractivity contribution in [2.75, 3.05) is 5.73 Å². The molecule has 1 aromatic heterocycles. The number of nitrogen functional groups attached to an aromatic ring is 1. The van der Waals surface area contributed by atoms with Gasteiger partial charge in [0.15, 0.2) is 5.75 Å². The molecule has 0 aliphatic heterocycles. The summed E-state index contributed by atoms with van der Waals surface area (Å²) in [6.45, 7) is 0. The van der Waals surface area contributed by atoms with Crippen LogP contribution in [0.4, 0.5) is 5.69 Å². The maximum absolute atomic E-state index is 8.68. The molecular formula is C11H8N4O. The Morgan fingerprint density at radius 3 is 2.81 bits per heavy atom. The summed E-state index contributed by atoms with van der Waals surface area (Å²) >= 11 is 0. The van der Waals surface area contributed by atoms with Gasteiger partial charge in [-0.2, -0.15) is 5.26 Å². The Balaban J connectivity index is 2.27. The van der Waals surface area contributed by atoms with Crippen LogP contribution in [-0.4, -0.2) is 9.97 Å². The largest absolute Gasteiger partial charge is 0.437 e. The molecule has 0 fully saturated rings. The van der Waals surface area contributed by atoms with Gasteiger partial charge in [0, 0.05) is 12.3 Å². The predicted octanol–water partition coefficient (Wildman–Crippen LogP) is 1.72. The number of nitriles is 1. The molecule has 0 unspecified atom stereocenters. The molecule has 2 rings (SSSR count). The van der Waals surface area contributed by atoms with Crippen molar-refractivity contribution < 1.29 is 4.74 Å². The van der Waals surface area contributed by atoms with Crippen LogP contribution >= 0.6 is 0 Å². The highest BCUT2D eigenvalue weighted by atomic mass is 16.5. The molecule has 2 aromatic rings. The molecule has 0 spiro atoms. The summed E-state index contributed by atoms with van der Waals surface area (Å²) in [5.41, 5.74) is 6.62. The van der Waals surface area contributed by atoms with Crippen LogP contribution < -0.4 is 10.5 Å². The van der Waals surface area contributed by atoms with Crippen LogP contribution in [0.5, 0.6) is 11.6 Å². The van der Waals surface area contributed by atoms with Gasteiger partial charge in [-0.1, -0.05) is 0 Å². The van der Waals surface area contributed by atoms with E-state index in [-0.39, 0.29) is 0 Å². The van der Waals surface area contributed by atoms with Gasteiger partial charge in [0.1, 0.15) is 6.33 Å². The van der Waals surface area contributed by atoms with Gasteiger partial charge < -0.3 is 10.5 Å². The zero-order valence-corrected chi connectivity index (χ0v) is 8.29. The van der Waals surface area contributed by atoms with Crippen molar-refractivity contribution in [3.8, 4) is 17.7 Å². The minimum atomic E-state index is 0.401. The fourth-order valence-electron chi connectivity index (χ4n) is 1.16. The van der Waals surface area contributed by atoms with E-state index in [1.807, 2.05) is 6.07 Å². The second-order valence-corrected chi connectivity index (χ2v) is 3.01. The van der Waals surface area contributed by atoms with Crippen molar-refractivity contribution in [3.05, 3.63) is 42.4 Å². The molecule has 1 heterocycles. The lowest BCUT2D eigenvalue weighted by Gasteiger charge is -2.06. The maximum atomic E-state index is 8.68. The second kappa shape index (κ2) is 4.28. The SMILES string of the molecule is N#Cc1ccc(Oc2ccncn2)c(N)c1. The number of hydrogen-bond acceptors (Lipinski definition) is 5. The molecule has 0 aliphatic carbocycles. The average Bonchev–Trinajstić information content (AvgIpc) is 2.33. The lowest BCUT2D eigenvalue weighted by molar-refractivity contribution is 0.463. The lowest BCUT2D eigenvalue weighted by atomic mass is 10.2. The van der Waals surface area contributed by atoms with E-state index < -0.39 is 0 Å². The van der Waals surface area contributed by atoms with Crippen LogP contribution in [0.2, 0.25) is 0 Å². The first-order valence-corrected chi connectivity index (χ1v) is 4.53. The highest BCUT2D eigenvalue weighted by Gasteiger charge is 2.03. The Morgan fingerprint density at radius 1 is 1.31 bits per heavy atom. The lowest BCUT2D eigenvalue weighted by Crippen LogP contribution is -1.94. The molecule has 16 heavy (non-hydrogen) atoms. The van der Waals surface area contributed by atoms with E-state index in [0.29, 0.717) is 22.9 Å². The van der Waals surface area contributed by atoms with E-state index >= 15 is 0 Å². The molecule has 0 atom stereocenters. The van der Waals surface area contributed by atoms with Crippen LogP contribution in [-0.2, 0) is 0 Å². The topological polar surface area (TPSA) is 84.8 Å². The van der Waals surface area contributed by atoms with Gasteiger partial charge in [0.05, 0.1) is 17.3 Å². The standard InChI is InChI=1S/C11H8N4O/c12-6-8-1-2-10(9(13)5-8)16-11-3-4-14-7-15-11/h1-5,7H,13H2. The first kappa shape index (κ1) is 9.93. The predicted molar refractivity (Wildman–Crippen MR) is 57.7 cm³/mol. The fourth-order valence-corrected chi connectivity index (χ4v) is 1.16.